The lowest BCUT2D eigenvalue weighted by atomic mass is 10.1. The first-order valence-electron chi connectivity index (χ1n) is 7.60. The minimum absolute atomic E-state index is 0.0948. The third-order valence-corrected chi connectivity index (χ3v) is 4.13. The van der Waals surface area contributed by atoms with Gasteiger partial charge in [-0.15, -0.1) is 6.58 Å². The molecule has 0 radical (unpaired) electrons. The number of aryl methyl sites for hydroxylation is 1. The quantitative estimate of drug-likeness (QED) is 0.813. The van der Waals surface area contributed by atoms with Gasteiger partial charge in [-0.1, -0.05) is 6.08 Å². The van der Waals surface area contributed by atoms with E-state index in [-0.39, 0.29) is 11.9 Å². The molecular formula is C18H18FN3O. The van der Waals surface area contributed by atoms with Crippen molar-refractivity contribution in [2.45, 2.75) is 19.4 Å². The number of pyridine rings is 1. The molecule has 0 bridgehead atoms. The zero-order valence-corrected chi connectivity index (χ0v) is 13.1. The molecule has 2 aromatic rings. The number of ether oxygens (including phenoxy) is 1. The summed E-state index contributed by atoms with van der Waals surface area (Å²) in [5.41, 5.74) is 2.72. The van der Waals surface area contributed by atoms with Crippen molar-refractivity contribution in [1.82, 2.24) is 4.98 Å². The SMILES string of the molecule is C=CCOC1CCN(c2c(C#N)cnc3c(C)cc(F)cc23)C1. The van der Waals surface area contributed by atoms with Crippen LogP contribution in [0.15, 0.2) is 31.0 Å². The average Bonchev–Trinajstić information content (AvgIpc) is 3.00. The molecule has 118 valence electrons. The highest BCUT2D eigenvalue weighted by Gasteiger charge is 2.26. The van der Waals surface area contributed by atoms with Crippen molar-refractivity contribution >= 4 is 16.6 Å². The molecule has 1 fully saturated rings. The van der Waals surface area contributed by atoms with Crippen molar-refractivity contribution in [3.8, 4) is 6.07 Å². The summed E-state index contributed by atoms with van der Waals surface area (Å²) in [5.74, 6) is -0.313. The molecule has 1 aliphatic rings. The van der Waals surface area contributed by atoms with Crippen LogP contribution in [0.4, 0.5) is 10.1 Å². The molecule has 1 atom stereocenters. The van der Waals surface area contributed by atoms with Crippen molar-refractivity contribution in [2.75, 3.05) is 24.6 Å². The van der Waals surface area contributed by atoms with Crippen LogP contribution in [-0.4, -0.2) is 30.8 Å². The second-order valence-corrected chi connectivity index (χ2v) is 5.73. The van der Waals surface area contributed by atoms with E-state index in [1.165, 1.54) is 12.1 Å². The van der Waals surface area contributed by atoms with Crippen LogP contribution in [0.2, 0.25) is 0 Å². The van der Waals surface area contributed by atoms with Crippen LogP contribution in [0.1, 0.15) is 17.5 Å². The average molecular weight is 311 g/mol. The van der Waals surface area contributed by atoms with Crippen molar-refractivity contribution in [3.05, 3.63) is 47.9 Å². The summed E-state index contributed by atoms with van der Waals surface area (Å²) < 4.78 is 19.6. The Morgan fingerprint density at radius 2 is 2.39 bits per heavy atom. The van der Waals surface area contributed by atoms with Crippen LogP contribution in [0.3, 0.4) is 0 Å². The Morgan fingerprint density at radius 1 is 1.57 bits per heavy atom. The molecule has 23 heavy (non-hydrogen) atoms. The van der Waals surface area contributed by atoms with Crippen molar-refractivity contribution in [3.63, 3.8) is 0 Å². The highest BCUT2D eigenvalue weighted by atomic mass is 19.1. The fraction of sp³-hybridized carbons (Fsp3) is 0.333. The van der Waals surface area contributed by atoms with Crippen molar-refractivity contribution < 1.29 is 9.13 Å². The molecule has 1 unspecified atom stereocenters. The standard InChI is InChI=1S/C18H18FN3O/c1-3-6-23-15-4-5-22(11-15)18-13(9-20)10-21-17-12(2)7-14(19)8-16(17)18/h3,7-8,10,15H,1,4-6,11H2,2H3. The normalized spacial score (nSPS) is 17.4. The molecule has 0 spiro atoms. The van der Waals surface area contributed by atoms with E-state index < -0.39 is 0 Å². The number of nitriles is 1. The van der Waals surface area contributed by atoms with Crippen LogP contribution < -0.4 is 4.90 Å². The number of aromatic nitrogens is 1. The highest BCUT2D eigenvalue weighted by molar-refractivity contribution is 5.96. The first kappa shape index (κ1) is 15.4. The minimum Gasteiger partial charge on any atom is -0.372 e. The van der Waals surface area contributed by atoms with Crippen LogP contribution in [0, 0.1) is 24.1 Å². The second kappa shape index (κ2) is 6.35. The number of anilines is 1. The van der Waals surface area contributed by atoms with Gasteiger partial charge in [-0.25, -0.2) is 4.39 Å². The molecule has 2 heterocycles. The molecular weight excluding hydrogens is 293 g/mol. The van der Waals surface area contributed by atoms with Crippen LogP contribution in [0.5, 0.6) is 0 Å². The van der Waals surface area contributed by atoms with E-state index in [4.69, 9.17) is 4.74 Å². The third-order valence-electron chi connectivity index (χ3n) is 4.13. The smallest absolute Gasteiger partial charge is 0.124 e. The molecule has 4 nitrogen and oxygen atoms in total. The number of halogens is 1. The summed E-state index contributed by atoms with van der Waals surface area (Å²) >= 11 is 0. The van der Waals surface area contributed by atoms with Gasteiger partial charge in [0.1, 0.15) is 11.9 Å². The Kier molecular flexibility index (Phi) is 4.26. The van der Waals surface area contributed by atoms with E-state index in [9.17, 15) is 9.65 Å². The number of rotatable bonds is 4. The molecule has 1 aromatic heterocycles. The fourth-order valence-electron chi connectivity index (χ4n) is 3.12. The Bertz CT molecular complexity index is 797. The van der Waals surface area contributed by atoms with Crippen LogP contribution in [-0.2, 0) is 4.74 Å². The van der Waals surface area contributed by atoms with E-state index in [1.54, 1.807) is 12.3 Å². The van der Waals surface area contributed by atoms with Gasteiger partial charge < -0.3 is 9.64 Å². The monoisotopic (exact) mass is 311 g/mol. The Morgan fingerprint density at radius 3 is 3.13 bits per heavy atom. The van der Waals surface area contributed by atoms with Gasteiger partial charge in [-0.05, 0) is 31.0 Å². The summed E-state index contributed by atoms with van der Waals surface area (Å²) in [4.78, 5) is 6.43. The van der Waals surface area contributed by atoms with E-state index in [0.29, 0.717) is 24.1 Å². The molecule has 3 rings (SSSR count). The van der Waals surface area contributed by atoms with E-state index >= 15 is 0 Å². The summed E-state index contributed by atoms with van der Waals surface area (Å²) in [6, 6.07) is 5.10. The molecule has 0 aliphatic carbocycles. The molecule has 0 saturated carbocycles. The first-order chi connectivity index (χ1) is 11.1. The van der Waals surface area contributed by atoms with Gasteiger partial charge >= 0.3 is 0 Å². The molecule has 5 heteroatoms. The Hall–Kier alpha value is -2.45. The van der Waals surface area contributed by atoms with E-state index in [2.05, 4.69) is 22.5 Å². The fourth-order valence-corrected chi connectivity index (χ4v) is 3.12. The van der Waals surface area contributed by atoms with Crippen molar-refractivity contribution in [2.24, 2.45) is 0 Å². The number of nitrogens with zero attached hydrogens (tertiary/aromatic N) is 3. The van der Waals surface area contributed by atoms with Crippen LogP contribution >= 0.6 is 0 Å². The lowest BCUT2D eigenvalue weighted by Crippen LogP contribution is -2.24. The lowest BCUT2D eigenvalue weighted by Gasteiger charge is -2.22. The highest BCUT2D eigenvalue weighted by Crippen LogP contribution is 2.34. The van der Waals surface area contributed by atoms with Gasteiger partial charge in [0.2, 0.25) is 0 Å². The molecule has 1 saturated heterocycles. The van der Waals surface area contributed by atoms with E-state index in [0.717, 1.165) is 29.7 Å². The first-order valence-corrected chi connectivity index (χ1v) is 7.60. The minimum atomic E-state index is -0.313. The zero-order chi connectivity index (χ0) is 16.4. The molecule has 0 N–H and O–H groups in total. The predicted octanol–water partition coefficient (Wildman–Crippen LogP) is 3.34. The van der Waals surface area contributed by atoms with Gasteiger partial charge in [-0.2, -0.15) is 5.26 Å². The molecule has 0 amide bonds. The van der Waals surface area contributed by atoms with Gasteiger partial charge in [0.15, 0.2) is 0 Å². The summed E-state index contributed by atoms with van der Waals surface area (Å²) in [7, 11) is 0. The van der Waals surface area contributed by atoms with Gasteiger partial charge in [0, 0.05) is 24.7 Å². The number of hydrogen-bond acceptors (Lipinski definition) is 4. The number of hydrogen-bond donors (Lipinski definition) is 0. The van der Waals surface area contributed by atoms with Crippen molar-refractivity contribution in [1.29, 1.82) is 5.26 Å². The molecule has 1 aromatic carbocycles. The third kappa shape index (κ3) is 2.90. The summed E-state index contributed by atoms with van der Waals surface area (Å²) in [6.07, 6.45) is 4.26. The maximum absolute atomic E-state index is 13.9. The maximum Gasteiger partial charge on any atom is 0.124 e. The number of benzene rings is 1. The Labute approximate surface area is 134 Å². The summed E-state index contributed by atoms with van der Waals surface area (Å²) in [6.45, 7) is 7.44. The topological polar surface area (TPSA) is 49.1 Å². The lowest BCUT2D eigenvalue weighted by molar-refractivity contribution is 0.0909. The predicted molar refractivity (Wildman–Crippen MR) is 87.9 cm³/mol. The maximum atomic E-state index is 13.9. The van der Waals surface area contributed by atoms with Gasteiger partial charge in [0.05, 0.1) is 29.5 Å². The number of fused-ring (bicyclic) bond motifs is 1. The van der Waals surface area contributed by atoms with Gasteiger partial charge in [-0.3, -0.25) is 4.98 Å². The Balaban J connectivity index is 2.06. The van der Waals surface area contributed by atoms with Gasteiger partial charge in [0.25, 0.3) is 0 Å². The summed E-state index contributed by atoms with van der Waals surface area (Å²) in [5, 5.41) is 10.1. The zero-order valence-electron chi connectivity index (χ0n) is 13.1. The van der Waals surface area contributed by atoms with Crippen LogP contribution in [0.25, 0.3) is 10.9 Å². The molecule has 1 aliphatic heterocycles. The largest absolute Gasteiger partial charge is 0.372 e. The van der Waals surface area contributed by atoms with E-state index in [1.807, 2.05) is 6.92 Å². The second-order valence-electron chi connectivity index (χ2n) is 5.73.